The van der Waals surface area contributed by atoms with Crippen molar-refractivity contribution in [1.29, 1.82) is 0 Å². The molecule has 0 bridgehead atoms. The van der Waals surface area contributed by atoms with Crippen LogP contribution >= 0.6 is 11.8 Å². The van der Waals surface area contributed by atoms with Crippen LogP contribution in [0.3, 0.4) is 0 Å². The van der Waals surface area contributed by atoms with E-state index >= 15 is 0 Å². The smallest absolute Gasteiger partial charge is 0.274 e. The molecule has 9 heteroatoms. The number of likely N-dealkylation sites (tertiary alicyclic amines) is 1. The fraction of sp³-hybridized carbons (Fsp3) is 0.500. The number of aromatic nitrogens is 3. The second kappa shape index (κ2) is 7.47. The number of carbonyl (C=O) groups excluding carboxylic acids is 1. The van der Waals surface area contributed by atoms with Gasteiger partial charge in [-0.3, -0.25) is 9.48 Å². The van der Waals surface area contributed by atoms with E-state index in [1.54, 1.807) is 46.8 Å². The third-order valence-corrected chi connectivity index (χ3v) is 6.38. The van der Waals surface area contributed by atoms with Crippen molar-refractivity contribution in [1.82, 2.24) is 19.7 Å². The first-order valence-electron chi connectivity index (χ1n) is 8.81. The Balaban J connectivity index is 1.30. The Morgan fingerprint density at radius 1 is 1.44 bits per heavy atom. The van der Waals surface area contributed by atoms with Gasteiger partial charge in [-0.05, 0) is 18.2 Å². The van der Waals surface area contributed by atoms with Crippen molar-refractivity contribution in [3.8, 4) is 5.88 Å². The highest BCUT2D eigenvalue weighted by atomic mass is 32.2. The fourth-order valence-electron chi connectivity index (χ4n) is 3.45. The van der Waals surface area contributed by atoms with Crippen LogP contribution < -0.4 is 4.74 Å². The number of ether oxygens (including phenoxy) is 2. The topological polar surface area (TPSA) is 69.5 Å². The molecule has 2 fully saturated rings. The number of methoxy groups -OCH3 is 1. The predicted molar refractivity (Wildman–Crippen MR) is 98.4 cm³/mol. The van der Waals surface area contributed by atoms with Crippen molar-refractivity contribution >= 4 is 17.7 Å². The number of amides is 1. The molecule has 2 aliphatic rings. The average Bonchev–Trinajstić information content (AvgIpc) is 3.27. The van der Waals surface area contributed by atoms with Crippen LogP contribution in [0, 0.1) is 5.82 Å². The van der Waals surface area contributed by atoms with Gasteiger partial charge in [0, 0.05) is 44.8 Å². The van der Waals surface area contributed by atoms with E-state index in [0.29, 0.717) is 31.9 Å². The molecule has 4 rings (SSSR count). The van der Waals surface area contributed by atoms with Crippen LogP contribution in [-0.4, -0.2) is 69.0 Å². The molecule has 7 nitrogen and oxygen atoms in total. The average molecular weight is 392 g/mol. The van der Waals surface area contributed by atoms with Gasteiger partial charge in [-0.2, -0.15) is 5.10 Å². The molecule has 2 aliphatic heterocycles. The highest BCUT2D eigenvalue weighted by molar-refractivity contribution is 8.01. The SMILES string of the molecule is COCCn1ccc(C(=O)N2CC3(CC(Oc4ncccc4F)CS3)C2)n1. The molecular formula is C18H21FN4O3S. The molecular weight excluding hydrogens is 371 g/mol. The molecule has 1 unspecified atom stereocenters. The Labute approximate surface area is 160 Å². The summed E-state index contributed by atoms with van der Waals surface area (Å²) in [6.45, 7) is 2.49. The summed E-state index contributed by atoms with van der Waals surface area (Å²) in [5, 5.41) is 4.31. The van der Waals surface area contributed by atoms with Gasteiger partial charge >= 0.3 is 0 Å². The predicted octanol–water partition coefficient (Wildman–Crippen LogP) is 1.84. The molecule has 2 aromatic heterocycles. The Kier molecular flexibility index (Phi) is 5.05. The highest BCUT2D eigenvalue weighted by Crippen LogP contribution is 2.46. The van der Waals surface area contributed by atoms with Crippen molar-refractivity contribution < 1.29 is 18.7 Å². The lowest BCUT2D eigenvalue weighted by Gasteiger charge is -2.47. The Hall–Kier alpha value is -2.13. The Morgan fingerprint density at radius 3 is 3.07 bits per heavy atom. The lowest BCUT2D eigenvalue weighted by atomic mass is 9.92. The van der Waals surface area contributed by atoms with Gasteiger partial charge in [0.15, 0.2) is 5.82 Å². The van der Waals surface area contributed by atoms with Crippen LogP contribution in [0.25, 0.3) is 0 Å². The van der Waals surface area contributed by atoms with Crippen LogP contribution in [-0.2, 0) is 11.3 Å². The maximum absolute atomic E-state index is 13.7. The van der Waals surface area contributed by atoms with Crippen LogP contribution in [0.2, 0.25) is 0 Å². The molecule has 2 saturated heterocycles. The number of nitrogens with zero attached hydrogens (tertiary/aromatic N) is 4. The number of halogens is 1. The maximum Gasteiger partial charge on any atom is 0.274 e. The van der Waals surface area contributed by atoms with Gasteiger partial charge in [-0.1, -0.05) is 0 Å². The summed E-state index contributed by atoms with van der Waals surface area (Å²) in [6.07, 6.45) is 3.99. The van der Waals surface area contributed by atoms with Crippen LogP contribution in [0.15, 0.2) is 30.6 Å². The Morgan fingerprint density at radius 2 is 2.30 bits per heavy atom. The van der Waals surface area contributed by atoms with Gasteiger partial charge in [0.05, 0.1) is 17.9 Å². The first kappa shape index (κ1) is 18.2. The highest BCUT2D eigenvalue weighted by Gasteiger charge is 2.51. The van der Waals surface area contributed by atoms with Gasteiger partial charge < -0.3 is 14.4 Å². The van der Waals surface area contributed by atoms with E-state index in [0.717, 1.165) is 12.2 Å². The number of pyridine rings is 1. The van der Waals surface area contributed by atoms with Crippen molar-refractivity contribution in [2.45, 2.75) is 23.8 Å². The summed E-state index contributed by atoms with van der Waals surface area (Å²) in [6, 6.07) is 4.62. The van der Waals surface area contributed by atoms with E-state index in [4.69, 9.17) is 9.47 Å². The van der Waals surface area contributed by atoms with E-state index in [2.05, 4.69) is 10.1 Å². The molecule has 1 atom stereocenters. The minimum atomic E-state index is -0.446. The summed E-state index contributed by atoms with van der Waals surface area (Å²) < 4.78 is 26.1. The second-order valence-corrected chi connectivity index (χ2v) is 8.33. The van der Waals surface area contributed by atoms with Crippen molar-refractivity contribution in [3.63, 3.8) is 0 Å². The third kappa shape index (κ3) is 3.79. The standard InChI is InChI=1S/C18H21FN4O3S/c1-25-8-7-23-6-4-15(21-23)17(24)22-11-18(12-22)9-13(10-27-18)26-16-14(19)3-2-5-20-16/h2-6,13H,7-12H2,1H3. The van der Waals surface area contributed by atoms with E-state index < -0.39 is 5.82 Å². The molecule has 1 amide bonds. The lowest BCUT2D eigenvalue weighted by Crippen LogP contribution is -2.60. The van der Waals surface area contributed by atoms with Crippen molar-refractivity contribution in [3.05, 3.63) is 42.1 Å². The zero-order valence-electron chi connectivity index (χ0n) is 15.0. The van der Waals surface area contributed by atoms with E-state index in [9.17, 15) is 9.18 Å². The minimum Gasteiger partial charge on any atom is -0.471 e. The van der Waals surface area contributed by atoms with Crippen LogP contribution in [0.1, 0.15) is 16.9 Å². The quantitative estimate of drug-likeness (QED) is 0.747. The zero-order chi connectivity index (χ0) is 18.9. The molecule has 0 radical (unpaired) electrons. The van der Waals surface area contributed by atoms with Gasteiger partial charge in [0.25, 0.3) is 11.8 Å². The second-order valence-electron chi connectivity index (χ2n) is 6.85. The van der Waals surface area contributed by atoms with Crippen molar-refractivity contribution in [2.24, 2.45) is 0 Å². The first-order chi connectivity index (χ1) is 13.1. The van der Waals surface area contributed by atoms with Gasteiger partial charge in [-0.15, -0.1) is 11.8 Å². The number of thioether (sulfide) groups is 1. The molecule has 0 saturated carbocycles. The Bertz CT molecular complexity index is 824. The van der Waals surface area contributed by atoms with Crippen LogP contribution in [0.5, 0.6) is 5.88 Å². The van der Waals surface area contributed by atoms with E-state index in [1.165, 1.54) is 12.3 Å². The molecule has 2 aromatic rings. The number of hydrogen-bond acceptors (Lipinski definition) is 6. The molecule has 4 heterocycles. The normalized spacial score (nSPS) is 20.7. The molecule has 0 N–H and O–H groups in total. The first-order valence-corrected chi connectivity index (χ1v) is 9.80. The summed E-state index contributed by atoms with van der Waals surface area (Å²) in [5.41, 5.74) is 0.451. The molecule has 0 aromatic carbocycles. The maximum atomic E-state index is 13.7. The van der Waals surface area contributed by atoms with E-state index in [1.807, 2.05) is 0 Å². The summed E-state index contributed by atoms with van der Waals surface area (Å²) >= 11 is 1.79. The summed E-state index contributed by atoms with van der Waals surface area (Å²) in [5.74, 6) is 0.313. The fourth-order valence-corrected chi connectivity index (χ4v) is 4.98. The largest absolute Gasteiger partial charge is 0.471 e. The van der Waals surface area contributed by atoms with Gasteiger partial charge in [-0.25, -0.2) is 9.37 Å². The zero-order valence-corrected chi connectivity index (χ0v) is 15.8. The monoisotopic (exact) mass is 392 g/mol. The van der Waals surface area contributed by atoms with Crippen molar-refractivity contribution in [2.75, 3.05) is 32.6 Å². The molecule has 0 aliphatic carbocycles. The number of rotatable bonds is 6. The summed E-state index contributed by atoms with van der Waals surface area (Å²) in [4.78, 5) is 18.3. The van der Waals surface area contributed by atoms with Gasteiger partial charge in [0.1, 0.15) is 11.8 Å². The number of carbonyl (C=O) groups is 1. The summed E-state index contributed by atoms with van der Waals surface area (Å²) in [7, 11) is 1.63. The lowest BCUT2D eigenvalue weighted by molar-refractivity contribution is 0.0507. The van der Waals surface area contributed by atoms with Crippen LogP contribution in [0.4, 0.5) is 4.39 Å². The van der Waals surface area contributed by atoms with E-state index in [-0.39, 0.29) is 22.6 Å². The number of hydrogen-bond donors (Lipinski definition) is 0. The minimum absolute atomic E-state index is 0.00972. The molecule has 144 valence electrons. The molecule has 27 heavy (non-hydrogen) atoms. The van der Waals surface area contributed by atoms with Gasteiger partial charge in [0.2, 0.25) is 0 Å². The third-order valence-electron chi connectivity index (χ3n) is 4.81. The molecule has 1 spiro atoms.